The highest BCUT2D eigenvalue weighted by atomic mass is 16.3. The second-order valence-corrected chi connectivity index (χ2v) is 5.39. The molecule has 3 unspecified atom stereocenters. The Labute approximate surface area is 106 Å². The average molecular weight is 249 g/mol. The second kappa shape index (κ2) is 4.72. The van der Waals surface area contributed by atoms with Crippen molar-refractivity contribution in [2.75, 3.05) is 13.1 Å². The Morgan fingerprint density at radius 2 is 2.28 bits per heavy atom. The minimum atomic E-state index is -0.195. The van der Waals surface area contributed by atoms with Gasteiger partial charge in [-0.3, -0.25) is 9.48 Å². The third-order valence-corrected chi connectivity index (χ3v) is 4.29. The molecular weight excluding hydrogens is 230 g/mol. The van der Waals surface area contributed by atoms with E-state index in [-0.39, 0.29) is 12.0 Å². The van der Waals surface area contributed by atoms with Gasteiger partial charge in [0, 0.05) is 44.4 Å². The van der Waals surface area contributed by atoms with Gasteiger partial charge in [-0.05, 0) is 24.8 Å². The molecule has 1 saturated heterocycles. The fraction of sp³-hybridized carbons (Fsp3) is 0.692. The molecule has 5 heteroatoms. The van der Waals surface area contributed by atoms with Gasteiger partial charge in [0.2, 0.25) is 5.91 Å². The molecule has 1 aromatic heterocycles. The summed E-state index contributed by atoms with van der Waals surface area (Å²) in [4.78, 5) is 14.0. The molecule has 1 aliphatic heterocycles. The Hall–Kier alpha value is -1.36. The lowest BCUT2D eigenvalue weighted by Crippen LogP contribution is -2.31. The normalized spacial score (nSPS) is 30.7. The van der Waals surface area contributed by atoms with Crippen LogP contribution in [-0.2, 0) is 11.3 Å². The standard InChI is InChI=1S/C13H19N3O2/c17-12-3-2-10-8-15(9-11(10)12)13(18)4-7-16-6-1-5-14-16/h1,5-6,10-12,17H,2-4,7-9H2. The molecule has 3 atom stereocenters. The van der Waals surface area contributed by atoms with Gasteiger partial charge in [0.15, 0.2) is 0 Å². The molecule has 1 saturated carbocycles. The number of likely N-dealkylation sites (tertiary alicyclic amines) is 1. The number of amides is 1. The number of aryl methyl sites for hydroxylation is 1. The van der Waals surface area contributed by atoms with Crippen LogP contribution >= 0.6 is 0 Å². The number of carbonyl (C=O) groups excluding carboxylic acids is 1. The van der Waals surface area contributed by atoms with Gasteiger partial charge in [0.25, 0.3) is 0 Å². The predicted molar refractivity (Wildman–Crippen MR) is 65.6 cm³/mol. The molecule has 0 spiro atoms. The highest BCUT2D eigenvalue weighted by Crippen LogP contribution is 2.38. The topological polar surface area (TPSA) is 58.4 Å². The summed E-state index contributed by atoms with van der Waals surface area (Å²) in [6, 6.07) is 1.86. The molecule has 1 N–H and O–H groups in total. The van der Waals surface area contributed by atoms with Gasteiger partial charge >= 0.3 is 0 Å². The van der Waals surface area contributed by atoms with Gasteiger partial charge in [-0.2, -0.15) is 5.10 Å². The summed E-state index contributed by atoms with van der Waals surface area (Å²) in [5.74, 6) is 1.03. The summed E-state index contributed by atoms with van der Waals surface area (Å²) in [5.41, 5.74) is 0. The maximum atomic E-state index is 12.1. The van der Waals surface area contributed by atoms with E-state index >= 15 is 0 Å². The lowest BCUT2D eigenvalue weighted by molar-refractivity contribution is -0.130. The van der Waals surface area contributed by atoms with Crippen molar-refractivity contribution >= 4 is 5.91 Å². The summed E-state index contributed by atoms with van der Waals surface area (Å²) in [5, 5.41) is 13.9. The Kier molecular flexibility index (Phi) is 3.07. The SMILES string of the molecule is O=C(CCn1cccn1)N1CC2CCC(O)C2C1. The molecule has 98 valence electrons. The number of aliphatic hydroxyl groups excluding tert-OH is 1. The Balaban J connectivity index is 1.52. The van der Waals surface area contributed by atoms with Crippen LogP contribution in [0.4, 0.5) is 0 Å². The second-order valence-electron chi connectivity index (χ2n) is 5.39. The fourth-order valence-electron chi connectivity index (χ4n) is 3.24. The highest BCUT2D eigenvalue weighted by molar-refractivity contribution is 5.76. The van der Waals surface area contributed by atoms with E-state index in [4.69, 9.17) is 0 Å². The average Bonchev–Trinajstić information content (AvgIpc) is 3.05. The van der Waals surface area contributed by atoms with Crippen LogP contribution in [0.1, 0.15) is 19.3 Å². The summed E-state index contributed by atoms with van der Waals surface area (Å²) in [6.45, 7) is 2.21. The van der Waals surface area contributed by atoms with Crippen molar-refractivity contribution in [3.63, 3.8) is 0 Å². The molecule has 0 radical (unpaired) electrons. The van der Waals surface area contributed by atoms with Crippen molar-refractivity contribution in [1.82, 2.24) is 14.7 Å². The van der Waals surface area contributed by atoms with E-state index in [0.717, 1.165) is 25.9 Å². The first-order valence-corrected chi connectivity index (χ1v) is 6.67. The quantitative estimate of drug-likeness (QED) is 0.848. The van der Waals surface area contributed by atoms with Crippen molar-refractivity contribution in [3.8, 4) is 0 Å². The van der Waals surface area contributed by atoms with Crippen LogP contribution in [0.15, 0.2) is 18.5 Å². The predicted octanol–water partition coefficient (Wildman–Crippen LogP) is 0.502. The van der Waals surface area contributed by atoms with E-state index in [2.05, 4.69) is 5.10 Å². The minimum absolute atomic E-state index is 0.187. The molecule has 18 heavy (non-hydrogen) atoms. The van der Waals surface area contributed by atoms with Crippen molar-refractivity contribution < 1.29 is 9.90 Å². The zero-order chi connectivity index (χ0) is 12.5. The maximum Gasteiger partial charge on any atom is 0.224 e. The Morgan fingerprint density at radius 1 is 1.39 bits per heavy atom. The molecule has 2 fully saturated rings. The Morgan fingerprint density at radius 3 is 3.00 bits per heavy atom. The van der Waals surface area contributed by atoms with Gasteiger partial charge in [-0.15, -0.1) is 0 Å². The van der Waals surface area contributed by atoms with Gasteiger partial charge in [0.1, 0.15) is 0 Å². The van der Waals surface area contributed by atoms with Gasteiger partial charge in [-0.1, -0.05) is 0 Å². The molecule has 2 heterocycles. The molecule has 0 bridgehead atoms. The zero-order valence-corrected chi connectivity index (χ0v) is 10.4. The Bertz CT molecular complexity index is 418. The van der Waals surface area contributed by atoms with Gasteiger partial charge in [-0.25, -0.2) is 0 Å². The summed E-state index contributed by atoms with van der Waals surface area (Å²) in [6.07, 6.45) is 5.87. The van der Waals surface area contributed by atoms with E-state index in [0.29, 0.717) is 24.8 Å². The number of carbonyl (C=O) groups is 1. The number of nitrogens with zero attached hydrogens (tertiary/aromatic N) is 3. The van der Waals surface area contributed by atoms with Crippen LogP contribution in [0, 0.1) is 11.8 Å². The van der Waals surface area contributed by atoms with Crippen LogP contribution in [0.5, 0.6) is 0 Å². The van der Waals surface area contributed by atoms with E-state index in [1.54, 1.807) is 10.9 Å². The first kappa shape index (κ1) is 11.7. The number of aromatic nitrogens is 2. The number of rotatable bonds is 3. The van der Waals surface area contributed by atoms with Crippen LogP contribution in [0.25, 0.3) is 0 Å². The smallest absolute Gasteiger partial charge is 0.224 e. The van der Waals surface area contributed by atoms with Gasteiger partial charge < -0.3 is 10.0 Å². The van der Waals surface area contributed by atoms with E-state index in [1.807, 2.05) is 17.2 Å². The van der Waals surface area contributed by atoms with E-state index in [1.165, 1.54) is 0 Å². The van der Waals surface area contributed by atoms with E-state index in [9.17, 15) is 9.90 Å². The third kappa shape index (κ3) is 2.14. The van der Waals surface area contributed by atoms with Gasteiger partial charge in [0.05, 0.1) is 6.10 Å². The number of hydrogen-bond acceptors (Lipinski definition) is 3. The maximum absolute atomic E-state index is 12.1. The molecular formula is C13H19N3O2. The first-order chi connectivity index (χ1) is 8.74. The van der Waals surface area contributed by atoms with E-state index < -0.39 is 0 Å². The molecule has 2 aliphatic rings. The van der Waals surface area contributed by atoms with Crippen LogP contribution in [-0.4, -0.2) is 44.9 Å². The summed E-state index contributed by atoms with van der Waals surface area (Å²) in [7, 11) is 0. The van der Waals surface area contributed by atoms with Crippen molar-refractivity contribution in [1.29, 1.82) is 0 Å². The fourth-order valence-corrected chi connectivity index (χ4v) is 3.24. The lowest BCUT2D eigenvalue weighted by Gasteiger charge is -2.18. The van der Waals surface area contributed by atoms with Crippen molar-refractivity contribution in [3.05, 3.63) is 18.5 Å². The minimum Gasteiger partial charge on any atom is -0.393 e. The molecule has 1 amide bonds. The van der Waals surface area contributed by atoms with Crippen molar-refractivity contribution in [2.24, 2.45) is 11.8 Å². The number of fused-ring (bicyclic) bond motifs is 1. The molecule has 5 nitrogen and oxygen atoms in total. The van der Waals surface area contributed by atoms with Crippen LogP contribution < -0.4 is 0 Å². The molecule has 0 aromatic carbocycles. The number of aliphatic hydroxyl groups is 1. The van der Waals surface area contributed by atoms with Crippen LogP contribution in [0.2, 0.25) is 0 Å². The highest BCUT2D eigenvalue weighted by Gasteiger charge is 2.42. The lowest BCUT2D eigenvalue weighted by atomic mass is 10.00. The van der Waals surface area contributed by atoms with Crippen molar-refractivity contribution in [2.45, 2.75) is 31.9 Å². The molecule has 3 rings (SSSR count). The summed E-state index contributed by atoms with van der Waals surface area (Å²) < 4.78 is 1.78. The first-order valence-electron chi connectivity index (χ1n) is 6.67. The molecule has 1 aromatic rings. The largest absolute Gasteiger partial charge is 0.393 e. The monoisotopic (exact) mass is 249 g/mol. The zero-order valence-electron chi connectivity index (χ0n) is 10.4. The molecule has 1 aliphatic carbocycles. The number of hydrogen-bond donors (Lipinski definition) is 1. The third-order valence-electron chi connectivity index (χ3n) is 4.29. The van der Waals surface area contributed by atoms with Crippen LogP contribution in [0.3, 0.4) is 0 Å². The summed E-state index contributed by atoms with van der Waals surface area (Å²) >= 11 is 0.